The number of ether oxygens (including phenoxy) is 1. The molecule has 5 nitrogen and oxygen atoms in total. The number of nitrogens with one attached hydrogen (secondary N) is 2. The molecule has 3 rings (SSSR count). The fourth-order valence-electron chi connectivity index (χ4n) is 3.17. The summed E-state index contributed by atoms with van der Waals surface area (Å²) in [5, 5.41) is 6.69. The van der Waals surface area contributed by atoms with Gasteiger partial charge in [0.15, 0.2) is 5.96 Å². The SMILES string of the molecule is CCNC(=NCc1ccc(F)cc1)NCc1ccccc1CN1CCOCC1.I. The van der Waals surface area contributed by atoms with Crippen LogP contribution in [-0.4, -0.2) is 43.7 Å². The molecule has 0 atom stereocenters. The molecule has 0 saturated carbocycles. The summed E-state index contributed by atoms with van der Waals surface area (Å²) < 4.78 is 18.5. The van der Waals surface area contributed by atoms with Crippen LogP contribution in [-0.2, 0) is 24.4 Å². The van der Waals surface area contributed by atoms with Crippen molar-refractivity contribution < 1.29 is 9.13 Å². The summed E-state index contributed by atoms with van der Waals surface area (Å²) in [4.78, 5) is 7.05. The first kappa shape index (κ1) is 23.6. The molecule has 1 saturated heterocycles. The van der Waals surface area contributed by atoms with Crippen LogP contribution in [0.5, 0.6) is 0 Å². The molecule has 0 unspecified atom stereocenters. The second-order valence-corrected chi connectivity index (χ2v) is 6.83. The van der Waals surface area contributed by atoms with Gasteiger partial charge in [-0.25, -0.2) is 9.38 Å². The zero-order valence-corrected chi connectivity index (χ0v) is 19.2. The van der Waals surface area contributed by atoms with Gasteiger partial charge in [-0.2, -0.15) is 0 Å². The Bertz CT molecular complexity index is 764. The largest absolute Gasteiger partial charge is 0.379 e. The number of guanidine groups is 1. The number of hydrogen-bond donors (Lipinski definition) is 2. The maximum atomic E-state index is 13.0. The highest BCUT2D eigenvalue weighted by Gasteiger charge is 2.12. The molecule has 0 bridgehead atoms. The third-order valence-corrected chi connectivity index (χ3v) is 4.74. The molecule has 1 aliphatic heterocycles. The quantitative estimate of drug-likeness (QED) is 0.339. The van der Waals surface area contributed by atoms with Gasteiger partial charge in [-0.05, 0) is 35.7 Å². The van der Waals surface area contributed by atoms with E-state index in [0.717, 1.165) is 50.9 Å². The Labute approximate surface area is 189 Å². The van der Waals surface area contributed by atoms with E-state index >= 15 is 0 Å². The van der Waals surface area contributed by atoms with Gasteiger partial charge in [-0.1, -0.05) is 36.4 Å². The van der Waals surface area contributed by atoms with Gasteiger partial charge in [0.1, 0.15) is 5.82 Å². The van der Waals surface area contributed by atoms with Crippen LogP contribution >= 0.6 is 24.0 Å². The molecule has 0 aliphatic carbocycles. The van der Waals surface area contributed by atoms with E-state index in [1.807, 2.05) is 6.92 Å². The van der Waals surface area contributed by atoms with Gasteiger partial charge in [-0.15, -0.1) is 24.0 Å². The van der Waals surface area contributed by atoms with Crippen molar-refractivity contribution in [3.05, 3.63) is 71.0 Å². The maximum Gasteiger partial charge on any atom is 0.191 e. The molecule has 2 N–H and O–H groups in total. The van der Waals surface area contributed by atoms with E-state index in [2.05, 4.69) is 44.8 Å². The summed E-state index contributed by atoms with van der Waals surface area (Å²) >= 11 is 0. The van der Waals surface area contributed by atoms with E-state index in [0.29, 0.717) is 13.1 Å². The second kappa shape index (κ2) is 12.8. The third kappa shape index (κ3) is 7.91. The van der Waals surface area contributed by atoms with Crippen LogP contribution < -0.4 is 10.6 Å². The standard InChI is InChI=1S/C22H29FN4O.HI/c1-2-24-22(25-15-18-7-9-21(23)10-8-18)26-16-19-5-3-4-6-20(19)17-27-11-13-28-14-12-27;/h3-10H,2,11-17H2,1H3,(H2,24,25,26);1H. The lowest BCUT2D eigenvalue weighted by atomic mass is 10.1. The van der Waals surface area contributed by atoms with Crippen molar-refractivity contribution in [1.82, 2.24) is 15.5 Å². The van der Waals surface area contributed by atoms with Gasteiger partial charge in [0.2, 0.25) is 0 Å². The van der Waals surface area contributed by atoms with Gasteiger partial charge < -0.3 is 15.4 Å². The van der Waals surface area contributed by atoms with Crippen molar-refractivity contribution in [3.63, 3.8) is 0 Å². The number of halogens is 2. The normalized spacial score (nSPS) is 14.9. The van der Waals surface area contributed by atoms with E-state index in [9.17, 15) is 4.39 Å². The van der Waals surface area contributed by atoms with Crippen LogP contribution in [0.25, 0.3) is 0 Å². The lowest BCUT2D eigenvalue weighted by Crippen LogP contribution is -2.38. The van der Waals surface area contributed by atoms with Gasteiger partial charge in [-0.3, -0.25) is 4.90 Å². The van der Waals surface area contributed by atoms with Crippen molar-refractivity contribution in [1.29, 1.82) is 0 Å². The van der Waals surface area contributed by atoms with Gasteiger partial charge in [0, 0.05) is 32.7 Å². The molecule has 158 valence electrons. The lowest BCUT2D eigenvalue weighted by molar-refractivity contribution is 0.0341. The Kier molecular flexibility index (Phi) is 10.4. The summed E-state index contributed by atoms with van der Waals surface area (Å²) in [6.45, 7) is 8.53. The van der Waals surface area contributed by atoms with E-state index in [4.69, 9.17) is 4.74 Å². The molecule has 7 heteroatoms. The molecular weight excluding hydrogens is 482 g/mol. The van der Waals surface area contributed by atoms with E-state index < -0.39 is 0 Å². The number of benzene rings is 2. The van der Waals surface area contributed by atoms with Crippen molar-refractivity contribution in [2.24, 2.45) is 4.99 Å². The minimum Gasteiger partial charge on any atom is -0.379 e. The summed E-state index contributed by atoms with van der Waals surface area (Å²) in [5.41, 5.74) is 3.57. The number of morpholine rings is 1. The second-order valence-electron chi connectivity index (χ2n) is 6.83. The molecule has 2 aromatic rings. The molecule has 29 heavy (non-hydrogen) atoms. The van der Waals surface area contributed by atoms with Crippen molar-refractivity contribution >= 4 is 29.9 Å². The Morgan fingerprint density at radius 2 is 1.72 bits per heavy atom. The first-order chi connectivity index (χ1) is 13.7. The third-order valence-electron chi connectivity index (χ3n) is 4.74. The van der Waals surface area contributed by atoms with Gasteiger partial charge in [0.25, 0.3) is 0 Å². The summed E-state index contributed by atoms with van der Waals surface area (Å²) in [6.07, 6.45) is 0. The highest BCUT2D eigenvalue weighted by Crippen LogP contribution is 2.13. The minimum absolute atomic E-state index is 0. The monoisotopic (exact) mass is 512 g/mol. The number of hydrogen-bond acceptors (Lipinski definition) is 3. The molecular formula is C22H30FIN4O. The van der Waals surface area contributed by atoms with Crippen molar-refractivity contribution in [3.8, 4) is 0 Å². The molecule has 1 aliphatic rings. The number of nitrogens with zero attached hydrogens (tertiary/aromatic N) is 2. The molecule has 1 heterocycles. The van der Waals surface area contributed by atoms with E-state index in [1.165, 1.54) is 23.3 Å². The fraction of sp³-hybridized carbons (Fsp3) is 0.409. The van der Waals surface area contributed by atoms with Crippen LogP contribution in [0.3, 0.4) is 0 Å². The zero-order valence-electron chi connectivity index (χ0n) is 16.9. The summed E-state index contributed by atoms with van der Waals surface area (Å²) in [5.74, 6) is 0.530. The number of rotatable bonds is 7. The Morgan fingerprint density at radius 1 is 1.03 bits per heavy atom. The average Bonchev–Trinajstić information content (AvgIpc) is 2.73. The summed E-state index contributed by atoms with van der Waals surface area (Å²) in [6, 6.07) is 15.0. The van der Waals surface area contributed by atoms with Crippen LogP contribution in [0, 0.1) is 5.82 Å². The lowest BCUT2D eigenvalue weighted by Gasteiger charge is -2.27. The zero-order chi connectivity index (χ0) is 19.6. The molecule has 0 aromatic heterocycles. The van der Waals surface area contributed by atoms with Crippen LogP contribution in [0.4, 0.5) is 4.39 Å². The Morgan fingerprint density at radius 3 is 2.41 bits per heavy atom. The first-order valence-electron chi connectivity index (χ1n) is 9.88. The van der Waals surface area contributed by atoms with Crippen LogP contribution in [0.1, 0.15) is 23.6 Å². The van der Waals surface area contributed by atoms with E-state index in [1.54, 1.807) is 12.1 Å². The Balaban J connectivity index is 0.00000300. The Hall–Kier alpha value is -1.71. The smallest absolute Gasteiger partial charge is 0.191 e. The number of aliphatic imine (C=N–C) groups is 1. The predicted molar refractivity (Wildman–Crippen MR) is 126 cm³/mol. The fourth-order valence-corrected chi connectivity index (χ4v) is 3.17. The van der Waals surface area contributed by atoms with Gasteiger partial charge in [0.05, 0.1) is 19.8 Å². The maximum absolute atomic E-state index is 13.0. The topological polar surface area (TPSA) is 48.9 Å². The minimum atomic E-state index is -0.227. The molecule has 0 spiro atoms. The van der Waals surface area contributed by atoms with Crippen LogP contribution in [0.2, 0.25) is 0 Å². The molecule has 2 aromatic carbocycles. The van der Waals surface area contributed by atoms with E-state index in [-0.39, 0.29) is 29.8 Å². The molecule has 0 amide bonds. The molecule has 0 radical (unpaired) electrons. The van der Waals surface area contributed by atoms with Crippen LogP contribution in [0.15, 0.2) is 53.5 Å². The average molecular weight is 512 g/mol. The van der Waals surface area contributed by atoms with Crippen molar-refractivity contribution in [2.75, 3.05) is 32.8 Å². The van der Waals surface area contributed by atoms with Gasteiger partial charge >= 0.3 is 0 Å². The molecule has 1 fully saturated rings. The summed E-state index contributed by atoms with van der Waals surface area (Å²) in [7, 11) is 0. The highest BCUT2D eigenvalue weighted by molar-refractivity contribution is 14.0. The highest BCUT2D eigenvalue weighted by atomic mass is 127. The first-order valence-corrected chi connectivity index (χ1v) is 9.88. The van der Waals surface area contributed by atoms with Crippen molar-refractivity contribution in [2.45, 2.75) is 26.6 Å². The predicted octanol–water partition coefficient (Wildman–Crippen LogP) is 3.53.